The number of nitrogens with zero attached hydrogens (tertiary/aromatic N) is 4. The zero-order chi connectivity index (χ0) is 12.4. The van der Waals surface area contributed by atoms with Crippen molar-refractivity contribution in [3.8, 4) is 5.69 Å². The van der Waals surface area contributed by atoms with Crippen molar-refractivity contribution in [2.45, 2.75) is 6.92 Å². The molecular weight excluding hydrogens is 224 g/mol. The van der Waals surface area contributed by atoms with Crippen molar-refractivity contribution in [1.82, 2.24) is 15.0 Å². The summed E-state index contributed by atoms with van der Waals surface area (Å²) in [7, 11) is 0. The van der Waals surface area contributed by atoms with Gasteiger partial charge in [0.2, 0.25) is 0 Å². The number of carbonyl (C=O) groups excluding carboxylic acids is 1. The van der Waals surface area contributed by atoms with Gasteiger partial charge >= 0.3 is 0 Å². The van der Waals surface area contributed by atoms with Crippen molar-refractivity contribution in [2.75, 3.05) is 0 Å². The fourth-order valence-corrected chi connectivity index (χ4v) is 1.46. The smallest absolute Gasteiger partial charge is 0.269 e. The number of hydrogen-bond acceptors (Lipinski definition) is 5. The van der Waals surface area contributed by atoms with Crippen LogP contribution in [0.4, 0.5) is 5.69 Å². The quantitative estimate of drug-likeness (QED) is 0.451. The summed E-state index contributed by atoms with van der Waals surface area (Å²) < 4.78 is 1.41. The van der Waals surface area contributed by atoms with E-state index in [4.69, 9.17) is 0 Å². The third-order valence-electron chi connectivity index (χ3n) is 2.27. The summed E-state index contributed by atoms with van der Waals surface area (Å²) in [6.45, 7) is 1.73. The van der Waals surface area contributed by atoms with Crippen LogP contribution in [0.25, 0.3) is 5.69 Å². The Labute approximate surface area is 95.8 Å². The minimum Gasteiger partial charge on any atom is -0.296 e. The average Bonchev–Trinajstić information content (AvgIpc) is 2.77. The monoisotopic (exact) mass is 232 g/mol. The lowest BCUT2D eigenvalue weighted by molar-refractivity contribution is -0.384. The lowest BCUT2D eigenvalue weighted by Gasteiger charge is -2.03. The maximum absolute atomic E-state index is 10.6. The predicted molar refractivity (Wildman–Crippen MR) is 58.1 cm³/mol. The third-order valence-corrected chi connectivity index (χ3v) is 2.27. The summed E-state index contributed by atoms with van der Waals surface area (Å²) in [5.74, 6) is 0. The van der Waals surface area contributed by atoms with Crippen LogP contribution in [-0.4, -0.2) is 26.2 Å². The highest BCUT2D eigenvalue weighted by Gasteiger charge is 2.10. The molecule has 7 nitrogen and oxygen atoms in total. The van der Waals surface area contributed by atoms with Gasteiger partial charge in [-0.3, -0.25) is 14.9 Å². The van der Waals surface area contributed by atoms with Crippen LogP contribution in [0.15, 0.2) is 24.4 Å². The maximum atomic E-state index is 10.6. The van der Waals surface area contributed by atoms with Crippen LogP contribution in [0.1, 0.15) is 16.1 Å². The molecule has 0 aliphatic heterocycles. The van der Waals surface area contributed by atoms with Gasteiger partial charge in [0.15, 0.2) is 6.29 Å². The van der Waals surface area contributed by atoms with Crippen LogP contribution in [-0.2, 0) is 0 Å². The molecule has 0 aliphatic rings. The fraction of sp³-hybridized carbons (Fsp3) is 0.100. The van der Waals surface area contributed by atoms with Gasteiger partial charge in [-0.2, -0.15) is 0 Å². The first-order valence-electron chi connectivity index (χ1n) is 4.75. The number of benzene rings is 1. The van der Waals surface area contributed by atoms with E-state index in [-0.39, 0.29) is 11.4 Å². The molecule has 7 heteroatoms. The van der Waals surface area contributed by atoms with Crippen molar-refractivity contribution in [3.63, 3.8) is 0 Å². The van der Waals surface area contributed by atoms with Crippen molar-refractivity contribution >= 4 is 12.0 Å². The number of aryl methyl sites for hydroxylation is 1. The molecular formula is C10H8N4O3. The van der Waals surface area contributed by atoms with Gasteiger partial charge in [0, 0.05) is 12.1 Å². The van der Waals surface area contributed by atoms with Crippen LogP contribution in [0.3, 0.4) is 0 Å². The standard InChI is InChI=1S/C10H8N4O3/c1-7-4-9(14(16)17)2-3-10(7)13-5-8(6-15)11-12-13/h2-6H,1H3. The highest BCUT2D eigenvalue weighted by molar-refractivity contribution is 5.71. The maximum Gasteiger partial charge on any atom is 0.269 e. The molecule has 0 aliphatic carbocycles. The fourth-order valence-electron chi connectivity index (χ4n) is 1.46. The number of rotatable bonds is 3. The number of aldehydes is 1. The minimum absolute atomic E-state index is 0.0157. The third kappa shape index (κ3) is 2.03. The summed E-state index contributed by atoms with van der Waals surface area (Å²) in [5.41, 5.74) is 1.56. The van der Waals surface area contributed by atoms with Crippen LogP contribution in [0, 0.1) is 17.0 Å². The summed E-state index contributed by atoms with van der Waals surface area (Å²) in [5, 5.41) is 18.0. The van der Waals surface area contributed by atoms with Crippen LogP contribution >= 0.6 is 0 Å². The van der Waals surface area contributed by atoms with Gasteiger partial charge < -0.3 is 0 Å². The number of non-ortho nitro benzene ring substituents is 1. The van der Waals surface area contributed by atoms with E-state index in [0.717, 1.165) is 0 Å². The number of nitro benzene ring substituents is 1. The lowest BCUT2D eigenvalue weighted by atomic mass is 10.2. The molecule has 2 rings (SSSR count). The Balaban J connectivity index is 2.46. The molecule has 0 spiro atoms. The summed E-state index contributed by atoms with van der Waals surface area (Å²) >= 11 is 0. The average molecular weight is 232 g/mol. The van der Waals surface area contributed by atoms with Crippen molar-refractivity contribution in [1.29, 1.82) is 0 Å². The van der Waals surface area contributed by atoms with E-state index >= 15 is 0 Å². The Morgan fingerprint density at radius 3 is 2.76 bits per heavy atom. The molecule has 0 saturated carbocycles. The Kier molecular flexibility index (Phi) is 2.65. The molecule has 0 unspecified atom stereocenters. The van der Waals surface area contributed by atoms with Gasteiger partial charge in [-0.15, -0.1) is 5.10 Å². The molecule has 0 saturated heterocycles. The number of nitro groups is 1. The molecule has 17 heavy (non-hydrogen) atoms. The molecule has 1 aromatic heterocycles. The Hall–Kier alpha value is -2.57. The molecule has 1 heterocycles. The van der Waals surface area contributed by atoms with E-state index in [9.17, 15) is 14.9 Å². The first-order chi connectivity index (χ1) is 8.11. The first kappa shape index (κ1) is 10.9. The van der Waals surface area contributed by atoms with E-state index in [2.05, 4.69) is 10.3 Å². The second kappa shape index (κ2) is 4.12. The minimum atomic E-state index is -0.463. The van der Waals surface area contributed by atoms with Crippen molar-refractivity contribution < 1.29 is 9.72 Å². The van der Waals surface area contributed by atoms with Gasteiger partial charge in [-0.1, -0.05) is 5.21 Å². The second-order valence-electron chi connectivity index (χ2n) is 3.43. The zero-order valence-corrected chi connectivity index (χ0v) is 8.90. The number of aromatic nitrogens is 3. The highest BCUT2D eigenvalue weighted by atomic mass is 16.6. The molecule has 0 atom stereocenters. The molecule has 0 bridgehead atoms. The Morgan fingerprint density at radius 1 is 1.47 bits per heavy atom. The van der Waals surface area contributed by atoms with E-state index in [1.165, 1.54) is 23.0 Å². The summed E-state index contributed by atoms with van der Waals surface area (Å²) in [6, 6.07) is 4.39. The van der Waals surface area contributed by atoms with Gasteiger partial charge in [0.05, 0.1) is 16.8 Å². The van der Waals surface area contributed by atoms with E-state index in [1.54, 1.807) is 13.0 Å². The van der Waals surface area contributed by atoms with Crippen LogP contribution < -0.4 is 0 Å². The van der Waals surface area contributed by atoms with Gasteiger partial charge in [0.1, 0.15) is 5.69 Å². The first-order valence-corrected chi connectivity index (χ1v) is 4.75. The summed E-state index contributed by atoms with van der Waals surface area (Å²) in [6.07, 6.45) is 2.05. The van der Waals surface area contributed by atoms with Gasteiger partial charge in [-0.05, 0) is 18.6 Å². The SMILES string of the molecule is Cc1cc([N+](=O)[O-])ccc1-n1cc(C=O)nn1. The van der Waals surface area contributed by atoms with Crippen LogP contribution in [0.5, 0.6) is 0 Å². The van der Waals surface area contributed by atoms with Crippen molar-refractivity contribution in [2.24, 2.45) is 0 Å². The van der Waals surface area contributed by atoms with Gasteiger partial charge in [0.25, 0.3) is 5.69 Å². The molecule has 86 valence electrons. The lowest BCUT2D eigenvalue weighted by Crippen LogP contribution is -1.99. The Morgan fingerprint density at radius 2 is 2.24 bits per heavy atom. The van der Waals surface area contributed by atoms with Crippen molar-refractivity contribution in [3.05, 3.63) is 45.8 Å². The zero-order valence-electron chi connectivity index (χ0n) is 8.90. The molecule has 0 fully saturated rings. The largest absolute Gasteiger partial charge is 0.296 e. The molecule has 0 N–H and O–H groups in total. The number of hydrogen-bond donors (Lipinski definition) is 0. The van der Waals surface area contributed by atoms with E-state index in [1.807, 2.05) is 0 Å². The van der Waals surface area contributed by atoms with E-state index in [0.29, 0.717) is 17.5 Å². The normalized spacial score (nSPS) is 10.2. The predicted octanol–water partition coefficient (Wildman–Crippen LogP) is 1.30. The Bertz CT molecular complexity index is 591. The number of carbonyl (C=O) groups is 1. The van der Waals surface area contributed by atoms with Crippen LogP contribution in [0.2, 0.25) is 0 Å². The second-order valence-corrected chi connectivity index (χ2v) is 3.43. The van der Waals surface area contributed by atoms with Gasteiger partial charge in [-0.25, -0.2) is 4.68 Å². The molecule has 1 aromatic carbocycles. The molecule has 2 aromatic rings. The highest BCUT2D eigenvalue weighted by Crippen LogP contribution is 2.19. The summed E-state index contributed by atoms with van der Waals surface area (Å²) in [4.78, 5) is 20.6. The molecule has 0 amide bonds. The van der Waals surface area contributed by atoms with E-state index < -0.39 is 4.92 Å². The molecule has 0 radical (unpaired) electrons. The topological polar surface area (TPSA) is 90.9 Å².